The van der Waals surface area contributed by atoms with Crippen molar-refractivity contribution in [2.24, 2.45) is 0 Å². The lowest BCUT2D eigenvalue weighted by molar-refractivity contribution is -0.137. The van der Waals surface area contributed by atoms with Gasteiger partial charge < -0.3 is 9.64 Å². The first kappa shape index (κ1) is 20.3. The largest absolute Gasteiger partial charge is 0.449 e. The minimum absolute atomic E-state index is 0.271. The summed E-state index contributed by atoms with van der Waals surface area (Å²) in [7, 11) is 3.25. The number of carbonyl (C=O) groups is 2. The molecule has 3 aromatic rings. The second-order valence-corrected chi connectivity index (χ2v) is 7.22. The van der Waals surface area contributed by atoms with E-state index < -0.39 is 12.1 Å². The van der Waals surface area contributed by atoms with Crippen molar-refractivity contribution in [1.82, 2.24) is 14.7 Å². The molecule has 1 aromatic heterocycles. The van der Waals surface area contributed by atoms with E-state index in [1.165, 1.54) is 4.90 Å². The van der Waals surface area contributed by atoms with E-state index in [1.54, 1.807) is 31.9 Å². The smallest absolute Gasteiger partial charge is 0.342 e. The second-order valence-electron chi connectivity index (χ2n) is 7.22. The topological polar surface area (TPSA) is 64.4 Å². The molecule has 1 amide bonds. The van der Waals surface area contributed by atoms with Crippen molar-refractivity contribution in [1.29, 1.82) is 0 Å². The molecule has 0 bridgehead atoms. The molecule has 3 rings (SSSR count). The number of amides is 1. The van der Waals surface area contributed by atoms with Crippen LogP contribution in [0.15, 0.2) is 60.8 Å². The number of aromatic nitrogens is 2. The van der Waals surface area contributed by atoms with Gasteiger partial charge in [0.05, 0.1) is 6.54 Å². The Labute approximate surface area is 170 Å². The Morgan fingerprint density at radius 3 is 2.34 bits per heavy atom. The molecule has 2 aromatic carbocycles. The lowest BCUT2D eigenvalue weighted by atomic mass is 10.1. The minimum atomic E-state index is -0.874. The first-order valence-electron chi connectivity index (χ1n) is 9.45. The van der Waals surface area contributed by atoms with Crippen LogP contribution in [0.4, 0.5) is 0 Å². The van der Waals surface area contributed by atoms with Crippen molar-refractivity contribution in [3.63, 3.8) is 0 Å². The van der Waals surface area contributed by atoms with Crippen molar-refractivity contribution in [2.45, 2.75) is 26.5 Å². The summed E-state index contributed by atoms with van der Waals surface area (Å²) in [6, 6.07) is 17.7. The zero-order valence-corrected chi connectivity index (χ0v) is 17.1. The molecule has 1 atom stereocenters. The summed E-state index contributed by atoms with van der Waals surface area (Å²) >= 11 is 0. The van der Waals surface area contributed by atoms with Gasteiger partial charge in [-0.1, -0.05) is 60.2 Å². The highest BCUT2D eigenvalue weighted by Crippen LogP contribution is 2.24. The summed E-state index contributed by atoms with van der Waals surface area (Å²) in [5.41, 5.74) is 3.88. The molecule has 0 fully saturated rings. The van der Waals surface area contributed by atoms with Gasteiger partial charge in [0.15, 0.2) is 6.10 Å². The standard InChI is InChI=1S/C23H25N3O3/c1-16-10-12-19(13-11-16)21-20(23(28)29-17(2)22(27)25(3)4)15-26(24-21)14-18-8-6-5-7-9-18/h5-13,15,17H,14H2,1-4H3/t17-/m1/s1. The molecular weight excluding hydrogens is 366 g/mol. The first-order valence-corrected chi connectivity index (χ1v) is 9.45. The minimum Gasteiger partial charge on any atom is -0.449 e. The zero-order chi connectivity index (χ0) is 21.0. The van der Waals surface area contributed by atoms with Crippen LogP contribution in [0.3, 0.4) is 0 Å². The van der Waals surface area contributed by atoms with E-state index in [9.17, 15) is 9.59 Å². The highest BCUT2D eigenvalue weighted by atomic mass is 16.5. The summed E-state index contributed by atoms with van der Waals surface area (Å²) in [6.07, 6.45) is 0.804. The van der Waals surface area contributed by atoms with E-state index in [0.717, 1.165) is 16.7 Å². The number of hydrogen-bond donors (Lipinski definition) is 0. The average molecular weight is 391 g/mol. The number of ether oxygens (including phenoxy) is 1. The molecule has 6 nitrogen and oxygen atoms in total. The third kappa shape index (κ3) is 4.90. The fraction of sp³-hybridized carbons (Fsp3) is 0.261. The lowest BCUT2D eigenvalue weighted by Crippen LogP contribution is -2.34. The molecule has 0 aliphatic heterocycles. The van der Waals surface area contributed by atoms with E-state index in [0.29, 0.717) is 17.8 Å². The van der Waals surface area contributed by atoms with Gasteiger partial charge in [0.2, 0.25) is 0 Å². The predicted molar refractivity (Wildman–Crippen MR) is 112 cm³/mol. The van der Waals surface area contributed by atoms with Crippen molar-refractivity contribution >= 4 is 11.9 Å². The molecule has 0 saturated carbocycles. The fourth-order valence-corrected chi connectivity index (χ4v) is 2.98. The van der Waals surface area contributed by atoms with Crippen LogP contribution in [0.5, 0.6) is 0 Å². The van der Waals surface area contributed by atoms with E-state index in [-0.39, 0.29) is 5.91 Å². The average Bonchev–Trinajstić information content (AvgIpc) is 3.12. The number of carbonyl (C=O) groups excluding carboxylic acids is 2. The van der Waals surface area contributed by atoms with Gasteiger partial charge in [0.25, 0.3) is 5.91 Å². The van der Waals surface area contributed by atoms with Crippen LogP contribution in [-0.4, -0.2) is 46.8 Å². The van der Waals surface area contributed by atoms with E-state index in [2.05, 4.69) is 5.10 Å². The molecule has 1 heterocycles. The van der Waals surface area contributed by atoms with Gasteiger partial charge in [-0.2, -0.15) is 5.10 Å². The Hall–Kier alpha value is -3.41. The quantitative estimate of drug-likeness (QED) is 0.603. The second kappa shape index (κ2) is 8.73. The molecule has 0 spiro atoms. The van der Waals surface area contributed by atoms with Crippen LogP contribution in [-0.2, 0) is 16.1 Å². The Bertz CT molecular complexity index is 992. The van der Waals surface area contributed by atoms with E-state index in [4.69, 9.17) is 4.74 Å². The SMILES string of the molecule is Cc1ccc(-c2nn(Cc3ccccc3)cc2C(=O)O[C@H](C)C(=O)N(C)C)cc1. The van der Waals surface area contributed by atoms with Gasteiger partial charge in [0, 0.05) is 25.9 Å². The molecular formula is C23H25N3O3. The molecule has 0 unspecified atom stereocenters. The van der Waals surface area contributed by atoms with Gasteiger partial charge in [-0.05, 0) is 19.4 Å². The van der Waals surface area contributed by atoms with Crippen LogP contribution in [0.2, 0.25) is 0 Å². The van der Waals surface area contributed by atoms with Crippen molar-refractivity contribution in [3.05, 3.63) is 77.5 Å². The van der Waals surface area contributed by atoms with Gasteiger partial charge in [0.1, 0.15) is 11.3 Å². The number of rotatable bonds is 6. The Balaban J connectivity index is 1.93. The monoisotopic (exact) mass is 391 g/mol. The molecule has 6 heteroatoms. The summed E-state index contributed by atoms with van der Waals surface area (Å²) < 4.78 is 7.15. The molecule has 0 aliphatic carbocycles. The maximum absolute atomic E-state index is 12.9. The zero-order valence-electron chi connectivity index (χ0n) is 17.1. The van der Waals surface area contributed by atoms with Gasteiger partial charge in [-0.25, -0.2) is 4.79 Å². The van der Waals surface area contributed by atoms with Crippen LogP contribution in [0, 0.1) is 6.92 Å². The normalized spacial score (nSPS) is 11.7. The highest BCUT2D eigenvalue weighted by molar-refractivity contribution is 5.97. The number of hydrogen-bond acceptors (Lipinski definition) is 4. The Morgan fingerprint density at radius 2 is 1.72 bits per heavy atom. The van der Waals surface area contributed by atoms with Crippen molar-refractivity contribution < 1.29 is 14.3 Å². The Kier molecular flexibility index (Phi) is 6.12. The maximum Gasteiger partial charge on any atom is 0.342 e. The molecule has 0 saturated heterocycles. The fourth-order valence-electron chi connectivity index (χ4n) is 2.98. The molecule has 0 N–H and O–H groups in total. The number of benzene rings is 2. The number of aryl methyl sites for hydroxylation is 1. The summed E-state index contributed by atoms with van der Waals surface area (Å²) in [6.45, 7) is 4.10. The lowest BCUT2D eigenvalue weighted by Gasteiger charge is -2.17. The third-order valence-electron chi connectivity index (χ3n) is 4.57. The summed E-state index contributed by atoms with van der Waals surface area (Å²) in [5, 5.41) is 4.63. The number of esters is 1. The molecule has 29 heavy (non-hydrogen) atoms. The molecule has 150 valence electrons. The van der Waals surface area contributed by atoms with Crippen LogP contribution < -0.4 is 0 Å². The van der Waals surface area contributed by atoms with Crippen molar-refractivity contribution in [2.75, 3.05) is 14.1 Å². The predicted octanol–water partition coefficient (Wildman–Crippen LogP) is 3.54. The van der Waals surface area contributed by atoms with Crippen molar-refractivity contribution in [3.8, 4) is 11.3 Å². The van der Waals surface area contributed by atoms with E-state index >= 15 is 0 Å². The molecule has 0 aliphatic rings. The Morgan fingerprint density at radius 1 is 1.07 bits per heavy atom. The van der Waals surface area contributed by atoms with Crippen LogP contribution in [0.25, 0.3) is 11.3 Å². The number of likely N-dealkylation sites (N-methyl/N-ethyl adjacent to an activating group) is 1. The first-order chi connectivity index (χ1) is 13.8. The molecule has 0 radical (unpaired) electrons. The van der Waals surface area contributed by atoms with E-state index in [1.807, 2.05) is 61.5 Å². The van der Waals surface area contributed by atoms with Gasteiger partial charge >= 0.3 is 5.97 Å². The third-order valence-corrected chi connectivity index (χ3v) is 4.57. The number of nitrogens with zero attached hydrogens (tertiary/aromatic N) is 3. The summed E-state index contributed by atoms with van der Waals surface area (Å²) in [4.78, 5) is 26.3. The van der Waals surface area contributed by atoms with Gasteiger partial charge in [-0.15, -0.1) is 0 Å². The highest BCUT2D eigenvalue weighted by Gasteiger charge is 2.25. The maximum atomic E-state index is 12.9. The van der Waals surface area contributed by atoms with Gasteiger partial charge in [-0.3, -0.25) is 9.48 Å². The summed E-state index contributed by atoms with van der Waals surface area (Å²) in [5.74, 6) is -0.838. The van der Waals surface area contributed by atoms with Crippen LogP contribution in [0.1, 0.15) is 28.4 Å². The van der Waals surface area contributed by atoms with Crippen LogP contribution >= 0.6 is 0 Å².